The molecule has 4 nitrogen and oxygen atoms in total. The SMILES string of the molecule is CC(C)OC(=O)C(C)CNc1ncc(C(F)(F)F)cc1Cl. The molecule has 0 saturated carbocycles. The van der Waals surface area contributed by atoms with E-state index in [1.165, 1.54) is 0 Å². The van der Waals surface area contributed by atoms with Crippen LogP contribution in [0.25, 0.3) is 0 Å². The molecule has 0 spiro atoms. The highest BCUT2D eigenvalue weighted by Crippen LogP contribution is 2.32. The number of esters is 1. The fourth-order valence-corrected chi connectivity index (χ4v) is 1.64. The van der Waals surface area contributed by atoms with Crippen LogP contribution in [-0.4, -0.2) is 23.6 Å². The van der Waals surface area contributed by atoms with Gasteiger partial charge in [0.15, 0.2) is 0 Å². The van der Waals surface area contributed by atoms with E-state index >= 15 is 0 Å². The van der Waals surface area contributed by atoms with E-state index in [-0.39, 0.29) is 23.5 Å². The lowest BCUT2D eigenvalue weighted by Crippen LogP contribution is -2.25. The van der Waals surface area contributed by atoms with E-state index in [4.69, 9.17) is 16.3 Å². The predicted octanol–water partition coefficient (Wildman–Crippen LogP) is 3.75. The van der Waals surface area contributed by atoms with Crippen molar-refractivity contribution in [2.24, 2.45) is 5.92 Å². The number of carbonyl (C=O) groups excluding carboxylic acids is 1. The van der Waals surface area contributed by atoms with E-state index < -0.39 is 23.6 Å². The minimum absolute atomic E-state index is 0.0915. The van der Waals surface area contributed by atoms with Crippen LogP contribution >= 0.6 is 11.6 Å². The van der Waals surface area contributed by atoms with Crippen molar-refractivity contribution in [3.05, 3.63) is 22.8 Å². The van der Waals surface area contributed by atoms with Crippen LogP contribution in [0, 0.1) is 5.92 Å². The summed E-state index contributed by atoms with van der Waals surface area (Å²) < 4.78 is 42.4. The van der Waals surface area contributed by atoms with Crippen molar-refractivity contribution in [3.8, 4) is 0 Å². The maximum Gasteiger partial charge on any atom is 0.417 e. The van der Waals surface area contributed by atoms with Crippen molar-refractivity contribution in [3.63, 3.8) is 0 Å². The first-order chi connectivity index (χ1) is 9.61. The lowest BCUT2D eigenvalue weighted by Gasteiger charge is -2.15. The Morgan fingerprint density at radius 2 is 2.05 bits per heavy atom. The van der Waals surface area contributed by atoms with Crippen LogP contribution in [0.1, 0.15) is 26.3 Å². The maximum atomic E-state index is 12.5. The molecule has 1 aromatic rings. The van der Waals surface area contributed by atoms with Gasteiger partial charge in [0.05, 0.1) is 22.6 Å². The van der Waals surface area contributed by atoms with Crippen LogP contribution in [0.5, 0.6) is 0 Å². The molecule has 0 radical (unpaired) electrons. The molecular formula is C13H16ClF3N2O2. The molecule has 0 amide bonds. The smallest absolute Gasteiger partial charge is 0.417 e. The van der Waals surface area contributed by atoms with E-state index in [9.17, 15) is 18.0 Å². The number of aromatic nitrogens is 1. The topological polar surface area (TPSA) is 51.2 Å². The summed E-state index contributed by atoms with van der Waals surface area (Å²) in [5.74, 6) is -0.790. The Morgan fingerprint density at radius 1 is 1.43 bits per heavy atom. The third-order valence-corrected chi connectivity index (χ3v) is 2.79. The van der Waals surface area contributed by atoms with Crippen LogP contribution in [0.15, 0.2) is 12.3 Å². The molecule has 0 fully saturated rings. The Labute approximate surface area is 125 Å². The highest BCUT2D eigenvalue weighted by molar-refractivity contribution is 6.32. The fraction of sp³-hybridized carbons (Fsp3) is 0.538. The second-order valence-electron chi connectivity index (χ2n) is 4.82. The number of anilines is 1. The van der Waals surface area contributed by atoms with Gasteiger partial charge in [-0.05, 0) is 19.9 Å². The van der Waals surface area contributed by atoms with Crippen LogP contribution < -0.4 is 5.32 Å². The number of hydrogen-bond donors (Lipinski definition) is 1. The van der Waals surface area contributed by atoms with Crippen LogP contribution in [0.2, 0.25) is 5.02 Å². The van der Waals surface area contributed by atoms with E-state index in [0.29, 0.717) is 6.20 Å². The second-order valence-corrected chi connectivity index (χ2v) is 5.23. The van der Waals surface area contributed by atoms with Gasteiger partial charge >= 0.3 is 12.1 Å². The van der Waals surface area contributed by atoms with Gasteiger partial charge in [0.2, 0.25) is 0 Å². The molecule has 1 rings (SSSR count). The number of nitrogens with zero attached hydrogens (tertiary/aromatic N) is 1. The third-order valence-electron chi connectivity index (χ3n) is 2.50. The summed E-state index contributed by atoms with van der Waals surface area (Å²) >= 11 is 5.74. The van der Waals surface area contributed by atoms with Crippen molar-refractivity contribution >= 4 is 23.4 Å². The van der Waals surface area contributed by atoms with E-state index in [1.807, 2.05) is 0 Å². The number of ether oxygens (including phenoxy) is 1. The third kappa shape index (κ3) is 5.41. The number of alkyl halides is 3. The normalized spacial score (nSPS) is 13.1. The monoisotopic (exact) mass is 324 g/mol. The molecule has 1 atom stereocenters. The molecule has 0 aliphatic carbocycles. The quantitative estimate of drug-likeness (QED) is 0.838. The predicted molar refractivity (Wildman–Crippen MR) is 73.1 cm³/mol. The summed E-state index contributed by atoms with van der Waals surface area (Å²) in [5, 5.41) is 2.58. The zero-order valence-electron chi connectivity index (χ0n) is 11.8. The summed E-state index contributed by atoms with van der Waals surface area (Å²) in [6, 6.07) is 0.786. The zero-order chi connectivity index (χ0) is 16.2. The van der Waals surface area contributed by atoms with E-state index in [0.717, 1.165) is 6.07 Å². The Kier molecular flexibility index (Phi) is 5.83. The van der Waals surface area contributed by atoms with E-state index in [2.05, 4.69) is 10.3 Å². The van der Waals surface area contributed by atoms with Gasteiger partial charge in [-0.2, -0.15) is 13.2 Å². The number of rotatable bonds is 5. The average Bonchev–Trinajstić information content (AvgIpc) is 2.34. The van der Waals surface area contributed by atoms with Crippen LogP contribution in [0.4, 0.5) is 19.0 Å². The maximum absolute atomic E-state index is 12.5. The minimum Gasteiger partial charge on any atom is -0.463 e. The molecule has 118 valence electrons. The van der Waals surface area contributed by atoms with Crippen molar-refractivity contribution in [2.45, 2.75) is 33.1 Å². The highest BCUT2D eigenvalue weighted by Gasteiger charge is 2.31. The lowest BCUT2D eigenvalue weighted by molar-refractivity contribution is -0.151. The van der Waals surface area contributed by atoms with Gasteiger partial charge in [-0.3, -0.25) is 4.79 Å². The van der Waals surface area contributed by atoms with Gasteiger partial charge in [-0.1, -0.05) is 18.5 Å². The Bertz CT molecular complexity index is 507. The molecule has 8 heteroatoms. The van der Waals surface area contributed by atoms with Gasteiger partial charge in [-0.15, -0.1) is 0 Å². The Morgan fingerprint density at radius 3 is 2.52 bits per heavy atom. The Hall–Kier alpha value is -1.50. The number of carbonyl (C=O) groups is 1. The molecule has 0 aliphatic rings. The first kappa shape index (κ1) is 17.6. The fourth-order valence-electron chi connectivity index (χ4n) is 1.40. The summed E-state index contributed by atoms with van der Waals surface area (Å²) in [5.41, 5.74) is -0.926. The van der Waals surface area contributed by atoms with Gasteiger partial charge in [0.25, 0.3) is 0 Å². The number of nitrogens with one attached hydrogen (secondary N) is 1. The number of pyridine rings is 1. The minimum atomic E-state index is -4.50. The van der Waals surface area contributed by atoms with Crippen LogP contribution in [-0.2, 0) is 15.7 Å². The van der Waals surface area contributed by atoms with Crippen molar-refractivity contribution in [1.29, 1.82) is 0 Å². The summed E-state index contributed by atoms with van der Waals surface area (Å²) in [4.78, 5) is 15.2. The molecule has 0 aromatic carbocycles. The largest absolute Gasteiger partial charge is 0.463 e. The summed E-state index contributed by atoms with van der Waals surface area (Å²) in [6.07, 6.45) is -4.04. The molecular weight excluding hydrogens is 309 g/mol. The second kappa shape index (κ2) is 6.98. The standard InChI is InChI=1S/C13H16ClF3N2O2/c1-7(2)21-12(20)8(3)5-18-11-10(14)4-9(6-19-11)13(15,16)17/h4,6-8H,5H2,1-3H3,(H,18,19). The van der Waals surface area contributed by atoms with Crippen molar-refractivity contribution in [1.82, 2.24) is 4.98 Å². The van der Waals surface area contributed by atoms with Crippen LogP contribution in [0.3, 0.4) is 0 Å². The molecule has 1 aromatic heterocycles. The first-order valence-corrected chi connectivity index (χ1v) is 6.66. The average molecular weight is 325 g/mol. The van der Waals surface area contributed by atoms with Crippen molar-refractivity contribution in [2.75, 3.05) is 11.9 Å². The molecule has 0 bridgehead atoms. The number of halogens is 4. The summed E-state index contributed by atoms with van der Waals surface area (Å²) in [6.45, 7) is 5.25. The molecule has 0 saturated heterocycles. The Balaban J connectivity index is 2.66. The molecule has 21 heavy (non-hydrogen) atoms. The molecule has 1 N–H and O–H groups in total. The molecule has 1 heterocycles. The van der Waals surface area contributed by atoms with Gasteiger partial charge in [0, 0.05) is 12.7 Å². The lowest BCUT2D eigenvalue weighted by atomic mass is 10.2. The molecule has 1 unspecified atom stereocenters. The highest BCUT2D eigenvalue weighted by atomic mass is 35.5. The van der Waals surface area contributed by atoms with E-state index in [1.54, 1.807) is 20.8 Å². The van der Waals surface area contributed by atoms with Gasteiger partial charge in [0.1, 0.15) is 5.82 Å². The zero-order valence-corrected chi connectivity index (χ0v) is 12.5. The molecule has 0 aliphatic heterocycles. The summed E-state index contributed by atoms with van der Waals surface area (Å²) in [7, 11) is 0. The van der Waals surface area contributed by atoms with Gasteiger partial charge < -0.3 is 10.1 Å². The first-order valence-electron chi connectivity index (χ1n) is 6.28. The van der Waals surface area contributed by atoms with Gasteiger partial charge in [-0.25, -0.2) is 4.98 Å². The van der Waals surface area contributed by atoms with Crippen molar-refractivity contribution < 1.29 is 22.7 Å². The number of hydrogen-bond acceptors (Lipinski definition) is 4.